The summed E-state index contributed by atoms with van der Waals surface area (Å²) in [7, 11) is 0. The first-order chi connectivity index (χ1) is 13.6. The Labute approximate surface area is 169 Å². The molecule has 1 unspecified atom stereocenters. The maximum absolute atomic E-state index is 13.0. The molecule has 4 rings (SSSR count). The van der Waals surface area contributed by atoms with Crippen molar-refractivity contribution < 1.29 is 4.79 Å². The van der Waals surface area contributed by atoms with Gasteiger partial charge in [-0.2, -0.15) is 0 Å². The highest BCUT2D eigenvalue weighted by atomic mass is 35.5. The van der Waals surface area contributed by atoms with Crippen molar-refractivity contribution in [2.75, 3.05) is 12.3 Å². The summed E-state index contributed by atoms with van der Waals surface area (Å²) in [6.07, 6.45) is 3.92. The van der Waals surface area contributed by atoms with E-state index in [4.69, 9.17) is 17.3 Å². The number of carbonyl (C=O) groups excluding carboxylic acids is 1. The molecule has 2 heterocycles. The normalized spacial score (nSPS) is 16.3. The van der Waals surface area contributed by atoms with Crippen LogP contribution >= 0.6 is 11.6 Å². The number of rotatable bonds is 4. The molecule has 1 amide bonds. The summed E-state index contributed by atoms with van der Waals surface area (Å²) in [5.74, 6) is 0.322. The van der Waals surface area contributed by atoms with Crippen LogP contribution in [0.4, 0.5) is 5.95 Å². The largest absolute Gasteiger partial charge is 0.368 e. The van der Waals surface area contributed by atoms with E-state index in [-0.39, 0.29) is 17.9 Å². The molecule has 1 aromatic heterocycles. The molecule has 1 fully saturated rings. The minimum Gasteiger partial charge on any atom is -0.368 e. The van der Waals surface area contributed by atoms with Gasteiger partial charge in [0.1, 0.15) is 0 Å². The molecule has 0 saturated carbocycles. The van der Waals surface area contributed by atoms with E-state index in [1.807, 2.05) is 59.5 Å². The van der Waals surface area contributed by atoms with E-state index in [0.29, 0.717) is 11.4 Å². The second-order valence-corrected chi connectivity index (χ2v) is 7.38. The molecule has 1 aliphatic rings. The SMILES string of the molecule is Nc1ncc(-c2ccc(Cl)cc2)c(C2CCCN2C(=O)Cc2ccccc2)n1. The number of nitrogens with zero attached hydrogens (tertiary/aromatic N) is 3. The lowest BCUT2D eigenvalue weighted by molar-refractivity contribution is -0.131. The van der Waals surface area contributed by atoms with Crippen molar-refractivity contribution >= 4 is 23.5 Å². The lowest BCUT2D eigenvalue weighted by atomic mass is 9.99. The number of benzene rings is 2. The number of likely N-dealkylation sites (tertiary alicyclic amines) is 1. The fraction of sp³-hybridized carbons (Fsp3) is 0.227. The van der Waals surface area contributed by atoms with Crippen molar-refractivity contribution in [3.05, 3.63) is 77.1 Å². The van der Waals surface area contributed by atoms with Crippen LogP contribution in [0.3, 0.4) is 0 Å². The second-order valence-electron chi connectivity index (χ2n) is 6.94. The van der Waals surface area contributed by atoms with Crippen molar-refractivity contribution in [1.29, 1.82) is 0 Å². The zero-order valence-electron chi connectivity index (χ0n) is 15.4. The Morgan fingerprint density at radius 3 is 2.64 bits per heavy atom. The Morgan fingerprint density at radius 2 is 1.89 bits per heavy atom. The lowest BCUT2D eigenvalue weighted by Crippen LogP contribution is -2.32. The molecule has 2 aromatic carbocycles. The summed E-state index contributed by atoms with van der Waals surface area (Å²) in [6, 6.07) is 17.3. The molecule has 0 aliphatic carbocycles. The maximum Gasteiger partial charge on any atom is 0.227 e. The average Bonchev–Trinajstić information content (AvgIpc) is 3.19. The molecule has 5 nitrogen and oxygen atoms in total. The zero-order chi connectivity index (χ0) is 19.5. The van der Waals surface area contributed by atoms with Gasteiger partial charge in [-0.05, 0) is 36.1 Å². The van der Waals surface area contributed by atoms with E-state index in [1.54, 1.807) is 6.20 Å². The molecule has 1 saturated heterocycles. The summed E-state index contributed by atoms with van der Waals surface area (Å²) in [5.41, 5.74) is 9.55. The van der Waals surface area contributed by atoms with Gasteiger partial charge in [-0.1, -0.05) is 54.1 Å². The fourth-order valence-corrected chi connectivity index (χ4v) is 3.86. The maximum atomic E-state index is 13.0. The standard InChI is InChI=1S/C22H21ClN4O/c23-17-10-8-16(9-11-17)18-14-25-22(24)26-21(18)19-7-4-12-27(19)20(28)13-15-5-2-1-3-6-15/h1-3,5-6,8-11,14,19H,4,7,12-13H2,(H2,24,25,26). The summed E-state index contributed by atoms with van der Waals surface area (Å²) in [5, 5.41) is 0.669. The van der Waals surface area contributed by atoms with Gasteiger partial charge in [0.15, 0.2) is 0 Å². The van der Waals surface area contributed by atoms with Crippen molar-refractivity contribution in [3.63, 3.8) is 0 Å². The van der Waals surface area contributed by atoms with Crippen LogP contribution in [-0.2, 0) is 11.2 Å². The fourth-order valence-electron chi connectivity index (χ4n) is 3.74. The Bertz CT molecular complexity index is 976. The van der Waals surface area contributed by atoms with Crippen molar-refractivity contribution in [3.8, 4) is 11.1 Å². The number of anilines is 1. The molecule has 0 radical (unpaired) electrons. The van der Waals surface area contributed by atoms with Crippen LogP contribution in [0.2, 0.25) is 5.02 Å². The van der Waals surface area contributed by atoms with Gasteiger partial charge in [-0.25, -0.2) is 9.97 Å². The molecular weight excluding hydrogens is 372 g/mol. The smallest absolute Gasteiger partial charge is 0.227 e. The summed E-state index contributed by atoms with van der Waals surface area (Å²) >= 11 is 6.03. The van der Waals surface area contributed by atoms with E-state index < -0.39 is 0 Å². The molecule has 1 aliphatic heterocycles. The van der Waals surface area contributed by atoms with Crippen LogP contribution in [0.5, 0.6) is 0 Å². The van der Waals surface area contributed by atoms with Gasteiger partial charge in [0.2, 0.25) is 11.9 Å². The zero-order valence-corrected chi connectivity index (χ0v) is 16.1. The lowest BCUT2D eigenvalue weighted by Gasteiger charge is -2.26. The highest BCUT2D eigenvalue weighted by molar-refractivity contribution is 6.30. The average molecular weight is 393 g/mol. The van der Waals surface area contributed by atoms with Crippen LogP contribution in [-0.4, -0.2) is 27.3 Å². The quantitative estimate of drug-likeness (QED) is 0.719. The number of amides is 1. The summed E-state index contributed by atoms with van der Waals surface area (Å²) < 4.78 is 0. The molecule has 142 valence electrons. The minimum atomic E-state index is -0.104. The predicted octanol–water partition coefficient (Wildman–Crippen LogP) is 4.29. The first-order valence-corrected chi connectivity index (χ1v) is 9.71. The first-order valence-electron chi connectivity index (χ1n) is 9.33. The molecule has 28 heavy (non-hydrogen) atoms. The van der Waals surface area contributed by atoms with Gasteiger partial charge in [0.05, 0.1) is 18.2 Å². The van der Waals surface area contributed by atoms with E-state index in [2.05, 4.69) is 9.97 Å². The van der Waals surface area contributed by atoms with Crippen LogP contribution in [0.25, 0.3) is 11.1 Å². The number of hydrogen-bond acceptors (Lipinski definition) is 4. The molecule has 6 heteroatoms. The Kier molecular flexibility index (Phi) is 5.26. The Hall–Kier alpha value is -2.92. The van der Waals surface area contributed by atoms with E-state index >= 15 is 0 Å². The molecule has 3 aromatic rings. The van der Waals surface area contributed by atoms with Gasteiger partial charge in [-0.15, -0.1) is 0 Å². The van der Waals surface area contributed by atoms with E-state index in [1.165, 1.54) is 0 Å². The van der Waals surface area contributed by atoms with Crippen molar-refractivity contribution in [1.82, 2.24) is 14.9 Å². The van der Waals surface area contributed by atoms with Crippen LogP contribution in [0, 0.1) is 0 Å². The second kappa shape index (κ2) is 7.98. The molecule has 0 bridgehead atoms. The first kappa shape index (κ1) is 18.4. The number of hydrogen-bond donors (Lipinski definition) is 1. The van der Waals surface area contributed by atoms with Gasteiger partial charge >= 0.3 is 0 Å². The number of halogens is 1. The third kappa shape index (κ3) is 3.85. The third-order valence-corrected chi connectivity index (χ3v) is 5.33. The van der Waals surface area contributed by atoms with E-state index in [9.17, 15) is 4.79 Å². The molecular formula is C22H21ClN4O. The minimum absolute atomic E-state index is 0.104. The van der Waals surface area contributed by atoms with Crippen LogP contribution in [0.15, 0.2) is 60.8 Å². The number of nitrogen functional groups attached to an aromatic ring is 1. The Morgan fingerprint density at radius 1 is 1.14 bits per heavy atom. The van der Waals surface area contributed by atoms with Crippen molar-refractivity contribution in [2.45, 2.75) is 25.3 Å². The van der Waals surface area contributed by atoms with Gasteiger partial charge in [0, 0.05) is 23.3 Å². The number of carbonyl (C=O) groups is 1. The highest BCUT2D eigenvalue weighted by Crippen LogP contribution is 2.37. The van der Waals surface area contributed by atoms with E-state index in [0.717, 1.165) is 41.8 Å². The van der Waals surface area contributed by atoms with Crippen LogP contribution in [0.1, 0.15) is 30.1 Å². The Balaban J connectivity index is 1.66. The van der Waals surface area contributed by atoms with Crippen LogP contribution < -0.4 is 5.73 Å². The molecule has 1 atom stereocenters. The van der Waals surface area contributed by atoms with Gasteiger partial charge in [0.25, 0.3) is 0 Å². The number of nitrogens with two attached hydrogens (primary N) is 1. The van der Waals surface area contributed by atoms with Gasteiger partial charge < -0.3 is 10.6 Å². The molecule has 2 N–H and O–H groups in total. The third-order valence-electron chi connectivity index (χ3n) is 5.08. The van der Waals surface area contributed by atoms with Gasteiger partial charge in [-0.3, -0.25) is 4.79 Å². The topological polar surface area (TPSA) is 72.1 Å². The summed E-state index contributed by atoms with van der Waals surface area (Å²) in [4.78, 5) is 23.6. The number of aromatic nitrogens is 2. The molecule has 0 spiro atoms. The highest BCUT2D eigenvalue weighted by Gasteiger charge is 2.33. The monoisotopic (exact) mass is 392 g/mol. The predicted molar refractivity (Wildman–Crippen MR) is 111 cm³/mol. The summed E-state index contributed by atoms with van der Waals surface area (Å²) in [6.45, 7) is 0.723. The van der Waals surface area contributed by atoms with Crippen molar-refractivity contribution in [2.24, 2.45) is 0 Å².